The third kappa shape index (κ3) is 3.74. The van der Waals surface area contributed by atoms with Crippen molar-refractivity contribution in [3.05, 3.63) is 68.4 Å². The first-order valence-corrected chi connectivity index (χ1v) is 10.6. The fourth-order valence-electron chi connectivity index (χ4n) is 2.77. The summed E-state index contributed by atoms with van der Waals surface area (Å²) in [5.74, 6) is -1.01. The van der Waals surface area contributed by atoms with Crippen molar-refractivity contribution in [3.8, 4) is 16.9 Å². The van der Waals surface area contributed by atoms with E-state index in [9.17, 15) is 30.8 Å². The van der Waals surface area contributed by atoms with E-state index in [0.29, 0.717) is 0 Å². The van der Waals surface area contributed by atoms with E-state index in [1.807, 2.05) is 0 Å². The SMILES string of the molecule is Cc1ccc(-n2c(-c3ccc(S(C)(=O)=O)c(F)c3)csc2=O)cc1C(F)(F)F. The molecule has 0 saturated heterocycles. The molecule has 0 saturated carbocycles. The zero-order valence-electron chi connectivity index (χ0n) is 14.5. The number of hydrogen-bond donors (Lipinski definition) is 0. The molecule has 3 aromatic rings. The molecular weight excluding hydrogens is 418 g/mol. The van der Waals surface area contributed by atoms with Gasteiger partial charge in [-0.25, -0.2) is 12.8 Å². The summed E-state index contributed by atoms with van der Waals surface area (Å²) in [5, 5.41) is 1.38. The molecule has 0 aliphatic carbocycles. The van der Waals surface area contributed by atoms with Crippen molar-refractivity contribution in [3.63, 3.8) is 0 Å². The average molecular weight is 431 g/mol. The van der Waals surface area contributed by atoms with Crippen LogP contribution < -0.4 is 4.87 Å². The molecule has 0 amide bonds. The van der Waals surface area contributed by atoms with E-state index in [1.54, 1.807) is 0 Å². The summed E-state index contributed by atoms with van der Waals surface area (Å²) in [6.07, 6.45) is -3.74. The molecule has 10 heteroatoms. The minimum Gasteiger partial charge on any atom is -0.267 e. The molecule has 1 heterocycles. The van der Waals surface area contributed by atoms with Gasteiger partial charge in [0, 0.05) is 17.2 Å². The fourth-order valence-corrected chi connectivity index (χ4v) is 4.26. The van der Waals surface area contributed by atoms with Gasteiger partial charge in [-0.1, -0.05) is 23.5 Å². The number of thiazole rings is 1. The average Bonchev–Trinajstić information content (AvgIpc) is 2.94. The molecular formula is C18H13F4NO3S2. The van der Waals surface area contributed by atoms with Crippen molar-refractivity contribution in [2.45, 2.75) is 18.0 Å². The summed E-state index contributed by atoms with van der Waals surface area (Å²) >= 11 is 0.739. The lowest BCUT2D eigenvalue weighted by atomic mass is 10.1. The Balaban J connectivity index is 2.20. The Bertz CT molecular complexity index is 1220. The van der Waals surface area contributed by atoms with E-state index in [1.165, 1.54) is 30.5 Å². The van der Waals surface area contributed by atoms with Crippen LogP contribution >= 0.6 is 11.3 Å². The zero-order chi connectivity index (χ0) is 20.9. The van der Waals surface area contributed by atoms with Crippen LogP contribution in [0.25, 0.3) is 16.9 Å². The minimum atomic E-state index is -4.59. The standard InChI is InChI=1S/C18H13F4NO3S2/c1-10-3-5-12(8-13(10)18(20,21)22)23-15(9-27-17(23)24)11-4-6-16(14(19)7-11)28(2,25)26/h3-9H,1-2H3. The summed E-state index contributed by atoms with van der Waals surface area (Å²) in [4.78, 5) is 11.2. The molecule has 0 bridgehead atoms. The van der Waals surface area contributed by atoms with E-state index in [4.69, 9.17) is 0 Å². The Hall–Kier alpha value is -2.46. The summed E-state index contributed by atoms with van der Waals surface area (Å²) < 4.78 is 78.0. The Kier molecular flexibility index (Phi) is 4.96. The maximum atomic E-state index is 14.2. The number of sulfone groups is 1. The maximum Gasteiger partial charge on any atom is 0.416 e. The predicted octanol–water partition coefficient (Wildman–Crippen LogP) is 4.44. The van der Waals surface area contributed by atoms with Crippen LogP contribution in [0.5, 0.6) is 0 Å². The van der Waals surface area contributed by atoms with Gasteiger partial charge in [-0.05, 0) is 36.8 Å². The molecule has 148 valence electrons. The molecule has 4 nitrogen and oxygen atoms in total. The second-order valence-corrected chi connectivity index (χ2v) is 8.94. The lowest BCUT2D eigenvalue weighted by Crippen LogP contribution is -2.14. The number of benzene rings is 2. The van der Waals surface area contributed by atoms with Gasteiger partial charge in [0.2, 0.25) is 0 Å². The van der Waals surface area contributed by atoms with E-state index in [2.05, 4.69) is 0 Å². The van der Waals surface area contributed by atoms with Crippen LogP contribution in [0.4, 0.5) is 17.6 Å². The molecule has 0 fully saturated rings. The zero-order valence-corrected chi connectivity index (χ0v) is 16.2. The summed E-state index contributed by atoms with van der Waals surface area (Å²) in [7, 11) is -3.78. The molecule has 3 rings (SSSR count). The first kappa shape index (κ1) is 20.3. The molecule has 1 aromatic heterocycles. The van der Waals surface area contributed by atoms with Gasteiger partial charge in [0.05, 0.1) is 16.9 Å². The van der Waals surface area contributed by atoms with Gasteiger partial charge >= 0.3 is 11.0 Å². The monoisotopic (exact) mass is 431 g/mol. The largest absolute Gasteiger partial charge is 0.416 e. The lowest BCUT2D eigenvalue weighted by molar-refractivity contribution is -0.138. The molecule has 0 atom stereocenters. The normalized spacial score (nSPS) is 12.4. The van der Waals surface area contributed by atoms with Crippen LogP contribution in [0.3, 0.4) is 0 Å². The lowest BCUT2D eigenvalue weighted by Gasteiger charge is -2.14. The predicted molar refractivity (Wildman–Crippen MR) is 98.2 cm³/mol. The van der Waals surface area contributed by atoms with Crippen molar-refractivity contribution < 1.29 is 26.0 Å². The van der Waals surface area contributed by atoms with Gasteiger partial charge in [-0.15, -0.1) is 0 Å². The van der Waals surface area contributed by atoms with Crippen LogP contribution in [0.1, 0.15) is 11.1 Å². The highest BCUT2D eigenvalue weighted by molar-refractivity contribution is 7.90. The number of aromatic nitrogens is 1. The Labute approximate surface area is 161 Å². The summed E-state index contributed by atoms with van der Waals surface area (Å²) in [6.45, 7) is 1.31. The van der Waals surface area contributed by atoms with E-state index in [-0.39, 0.29) is 22.5 Å². The molecule has 0 N–H and O–H groups in total. The van der Waals surface area contributed by atoms with Gasteiger partial charge in [0.1, 0.15) is 10.7 Å². The van der Waals surface area contributed by atoms with Crippen molar-refractivity contribution in [1.29, 1.82) is 0 Å². The molecule has 0 aliphatic rings. The van der Waals surface area contributed by atoms with Crippen LogP contribution in [0.15, 0.2) is 51.5 Å². The molecule has 0 unspecified atom stereocenters. The maximum absolute atomic E-state index is 14.2. The highest BCUT2D eigenvalue weighted by Gasteiger charge is 2.33. The van der Waals surface area contributed by atoms with Gasteiger partial charge in [0.25, 0.3) is 0 Å². The number of hydrogen-bond acceptors (Lipinski definition) is 4. The van der Waals surface area contributed by atoms with Crippen LogP contribution in [-0.2, 0) is 16.0 Å². The number of halogens is 4. The Morgan fingerprint density at radius 2 is 1.75 bits per heavy atom. The second-order valence-electron chi connectivity index (χ2n) is 6.14. The summed E-state index contributed by atoms with van der Waals surface area (Å²) in [5.41, 5.74) is -0.577. The van der Waals surface area contributed by atoms with E-state index in [0.717, 1.165) is 40.4 Å². The first-order chi connectivity index (χ1) is 12.9. The van der Waals surface area contributed by atoms with E-state index >= 15 is 0 Å². The first-order valence-electron chi connectivity index (χ1n) is 7.78. The number of aryl methyl sites for hydroxylation is 1. The second kappa shape index (κ2) is 6.85. The topological polar surface area (TPSA) is 56.1 Å². The number of alkyl halides is 3. The van der Waals surface area contributed by atoms with Gasteiger partial charge in [0.15, 0.2) is 9.84 Å². The molecule has 0 radical (unpaired) electrons. The van der Waals surface area contributed by atoms with Crippen molar-refractivity contribution in [2.75, 3.05) is 6.26 Å². The van der Waals surface area contributed by atoms with Crippen LogP contribution in [0, 0.1) is 12.7 Å². The third-order valence-electron chi connectivity index (χ3n) is 4.11. The fraction of sp³-hybridized carbons (Fsp3) is 0.167. The van der Waals surface area contributed by atoms with Crippen LogP contribution in [0.2, 0.25) is 0 Å². The van der Waals surface area contributed by atoms with Crippen molar-refractivity contribution in [1.82, 2.24) is 4.57 Å². The van der Waals surface area contributed by atoms with E-state index < -0.39 is 37.2 Å². The Morgan fingerprint density at radius 1 is 1.07 bits per heavy atom. The molecule has 0 aliphatic heterocycles. The van der Waals surface area contributed by atoms with Crippen LogP contribution in [-0.4, -0.2) is 19.2 Å². The quantitative estimate of drug-likeness (QED) is 0.577. The summed E-state index contributed by atoms with van der Waals surface area (Å²) in [6, 6.07) is 6.77. The number of nitrogens with zero attached hydrogens (tertiary/aromatic N) is 1. The molecule has 2 aromatic carbocycles. The smallest absolute Gasteiger partial charge is 0.267 e. The van der Waals surface area contributed by atoms with Gasteiger partial charge < -0.3 is 0 Å². The van der Waals surface area contributed by atoms with Crippen molar-refractivity contribution >= 4 is 21.2 Å². The highest BCUT2D eigenvalue weighted by Crippen LogP contribution is 2.34. The molecule has 0 spiro atoms. The minimum absolute atomic E-state index is 0.00429. The van der Waals surface area contributed by atoms with Gasteiger partial charge in [-0.2, -0.15) is 13.2 Å². The highest BCUT2D eigenvalue weighted by atomic mass is 32.2. The third-order valence-corrected chi connectivity index (χ3v) is 5.96. The molecule has 28 heavy (non-hydrogen) atoms. The van der Waals surface area contributed by atoms with Crippen molar-refractivity contribution in [2.24, 2.45) is 0 Å². The number of rotatable bonds is 3. The Morgan fingerprint density at radius 3 is 2.32 bits per heavy atom. The van der Waals surface area contributed by atoms with Gasteiger partial charge in [-0.3, -0.25) is 9.36 Å².